The average molecular weight is 286 g/mol. The first-order valence-electron chi connectivity index (χ1n) is 6.39. The summed E-state index contributed by atoms with van der Waals surface area (Å²) in [6, 6.07) is 7.65. The first kappa shape index (κ1) is 13.0. The van der Waals surface area contributed by atoms with Crippen LogP contribution in [0.5, 0.6) is 0 Å². The van der Waals surface area contributed by atoms with Crippen molar-refractivity contribution in [2.24, 2.45) is 0 Å². The van der Waals surface area contributed by atoms with Crippen molar-refractivity contribution in [3.63, 3.8) is 0 Å². The van der Waals surface area contributed by atoms with Crippen LogP contribution in [0.15, 0.2) is 46.0 Å². The quantitative estimate of drug-likeness (QED) is 0.741. The fourth-order valence-electron chi connectivity index (χ4n) is 2.05. The molecule has 0 bridgehead atoms. The van der Waals surface area contributed by atoms with Crippen molar-refractivity contribution >= 4 is 21.9 Å². The van der Waals surface area contributed by atoms with Crippen LogP contribution < -0.4 is 0 Å². The summed E-state index contributed by atoms with van der Waals surface area (Å²) < 4.78 is 17.8. The largest absolute Gasteiger partial charge is 0.436 e. The molecule has 0 aliphatic rings. The Balaban J connectivity index is 2.18. The third kappa shape index (κ3) is 2.25. The minimum absolute atomic E-state index is 0.491. The van der Waals surface area contributed by atoms with Gasteiger partial charge in [-0.1, -0.05) is 13.0 Å². The van der Waals surface area contributed by atoms with Crippen molar-refractivity contribution in [1.29, 1.82) is 0 Å². The number of aryl methyl sites for hydroxylation is 1. The second-order valence-electron chi connectivity index (χ2n) is 4.50. The molecule has 0 aliphatic carbocycles. The molecule has 0 aliphatic heterocycles. The van der Waals surface area contributed by atoms with Crippen molar-refractivity contribution in [1.82, 2.24) is 9.97 Å². The van der Waals surface area contributed by atoms with Gasteiger partial charge in [0.05, 0.1) is 21.3 Å². The summed E-state index contributed by atoms with van der Waals surface area (Å²) in [5.41, 5.74) is 3.42. The van der Waals surface area contributed by atoms with Crippen molar-refractivity contribution in [2.45, 2.75) is 18.7 Å². The second-order valence-corrected chi connectivity index (χ2v) is 6.20. The fourth-order valence-corrected chi connectivity index (χ4v) is 2.94. The maximum absolute atomic E-state index is 12.1. The molecule has 3 rings (SSSR count). The van der Waals surface area contributed by atoms with Gasteiger partial charge < -0.3 is 4.42 Å². The van der Waals surface area contributed by atoms with Gasteiger partial charge in [0.15, 0.2) is 5.58 Å². The van der Waals surface area contributed by atoms with E-state index < -0.39 is 10.8 Å². The standard InChI is InChI=1S/C15H14N2O2S/c1-3-20(18)14-9-16-7-6-11(14)15-17-12-8-10(2)4-5-13(12)19-15/h4-9H,3H2,1-2H3. The zero-order chi connectivity index (χ0) is 14.1. The van der Waals surface area contributed by atoms with Crippen LogP contribution in [0.25, 0.3) is 22.6 Å². The van der Waals surface area contributed by atoms with Gasteiger partial charge in [-0.2, -0.15) is 0 Å². The molecule has 1 aromatic carbocycles. The molecule has 0 saturated carbocycles. The Morgan fingerprint density at radius 2 is 2.15 bits per heavy atom. The number of rotatable bonds is 3. The summed E-state index contributed by atoms with van der Waals surface area (Å²) in [5, 5.41) is 0. The van der Waals surface area contributed by atoms with Crippen LogP contribution in [0, 0.1) is 6.92 Å². The third-order valence-electron chi connectivity index (χ3n) is 3.07. The van der Waals surface area contributed by atoms with Gasteiger partial charge >= 0.3 is 0 Å². The Bertz CT molecular complexity index is 795. The Hall–Kier alpha value is -2.01. The Morgan fingerprint density at radius 1 is 1.30 bits per heavy atom. The van der Waals surface area contributed by atoms with Crippen LogP contribution in [0.1, 0.15) is 12.5 Å². The Kier molecular flexibility index (Phi) is 3.36. The van der Waals surface area contributed by atoms with Crippen molar-refractivity contribution < 1.29 is 8.63 Å². The zero-order valence-electron chi connectivity index (χ0n) is 11.3. The number of pyridine rings is 1. The minimum Gasteiger partial charge on any atom is -0.436 e. The summed E-state index contributed by atoms with van der Waals surface area (Å²) in [4.78, 5) is 9.20. The van der Waals surface area contributed by atoms with E-state index in [-0.39, 0.29) is 0 Å². The summed E-state index contributed by atoms with van der Waals surface area (Å²) in [6.45, 7) is 3.89. The molecule has 102 valence electrons. The predicted molar refractivity (Wildman–Crippen MR) is 78.9 cm³/mol. The lowest BCUT2D eigenvalue weighted by molar-refractivity contribution is 0.617. The van der Waals surface area contributed by atoms with Crippen molar-refractivity contribution in [2.75, 3.05) is 5.75 Å². The monoisotopic (exact) mass is 286 g/mol. The molecule has 0 radical (unpaired) electrons. The SMILES string of the molecule is CCS(=O)c1cnccc1-c1nc2cc(C)ccc2o1. The van der Waals surface area contributed by atoms with Crippen LogP contribution in [0.3, 0.4) is 0 Å². The van der Waals surface area contributed by atoms with Gasteiger partial charge in [0, 0.05) is 18.1 Å². The number of benzene rings is 1. The first-order chi connectivity index (χ1) is 9.69. The summed E-state index contributed by atoms with van der Waals surface area (Å²) in [5.74, 6) is 1.03. The molecular weight excluding hydrogens is 272 g/mol. The van der Waals surface area contributed by atoms with Gasteiger partial charge in [0.1, 0.15) is 5.52 Å². The predicted octanol–water partition coefficient (Wildman–Crippen LogP) is 3.33. The number of aromatic nitrogens is 2. The molecule has 0 spiro atoms. The van der Waals surface area contributed by atoms with E-state index in [1.54, 1.807) is 18.5 Å². The highest BCUT2D eigenvalue weighted by molar-refractivity contribution is 7.85. The van der Waals surface area contributed by atoms with E-state index in [0.717, 1.165) is 22.2 Å². The van der Waals surface area contributed by atoms with Gasteiger partial charge in [-0.25, -0.2) is 4.98 Å². The van der Waals surface area contributed by atoms with Gasteiger partial charge in [-0.15, -0.1) is 0 Å². The topological polar surface area (TPSA) is 56.0 Å². The van der Waals surface area contributed by atoms with E-state index in [1.165, 1.54) is 0 Å². The minimum atomic E-state index is -1.09. The molecule has 20 heavy (non-hydrogen) atoms. The van der Waals surface area contributed by atoms with E-state index >= 15 is 0 Å². The van der Waals surface area contributed by atoms with E-state index in [1.807, 2.05) is 32.0 Å². The number of oxazole rings is 1. The Morgan fingerprint density at radius 3 is 2.95 bits per heavy atom. The maximum Gasteiger partial charge on any atom is 0.228 e. The normalized spacial score (nSPS) is 12.7. The lowest BCUT2D eigenvalue weighted by atomic mass is 10.2. The van der Waals surface area contributed by atoms with E-state index in [4.69, 9.17) is 4.42 Å². The maximum atomic E-state index is 12.1. The third-order valence-corrected chi connectivity index (χ3v) is 4.41. The molecule has 0 N–H and O–H groups in total. The molecule has 4 nitrogen and oxygen atoms in total. The molecule has 2 heterocycles. The van der Waals surface area contributed by atoms with Crippen LogP contribution >= 0.6 is 0 Å². The first-order valence-corrected chi connectivity index (χ1v) is 7.71. The van der Waals surface area contributed by atoms with Gasteiger partial charge in [-0.3, -0.25) is 9.19 Å². The fraction of sp³-hybridized carbons (Fsp3) is 0.200. The average Bonchev–Trinajstić information content (AvgIpc) is 2.89. The molecule has 0 fully saturated rings. The number of hydrogen-bond acceptors (Lipinski definition) is 4. The van der Waals surface area contributed by atoms with Gasteiger partial charge in [0.25, 0.3) is 0 Å². The highest BCUT2D eigenvalue weighted by Crippen LogP contribution is 2.28. The van der Waals surface area contributed by atoms with E-state index in [9.17, 15) is 4.21 Å². The van der Waals surface area contributed by atoms with Crippen molar-refractivity contribution in [3.05, 3.63) is 42.2 Å². The van der Waals surface area contributed by atoms with Gasteiger partial charge in [-0.05, 0) is 30.7 Å². The second kappa shape index (κ2) is 5.17. The summed E-state index contributed by atoms with van der Waals surface area (Å²) in [6.07, 6.45) is 3.28. The summed E-state index contributed by atoms with van der Waals surface area (Å²) in [7, 11) is -1.09. The highest BCUT2D eigenvalue weighted by atomic mass is 32.2. The summed E-state index contributed by atoms with van der Waals surface area (Å²) >= 11 is 0. The van der Waals surface area contributed by atoms with Crippen LogP contribution in [0.2, 0.25) is 0 Å². The molecule has 0 amide bonds. The lowest BCUT2D eigenvalue weighted by Crippen LogP contribution is -1.97. The molecular formula is C15H14N2O2S. The number of fused-ring (bicyclic) bond motifs is 1. The van der Waals surface area contributed by atoms with Crippen molar-refractivity contribution in [3.8, 4) is 11.5 Å². The Labute approximate surface area is 119 Å². The highest BCUT2D eigenvalue weighted by Gasteiger charge is 2.15. The molecule has 0 saturated heterocycles. The van der Waals surface area contributed by atoms with Gasteiger partial charge in [0.2, 0.25) is 5.89 Å². The van der Waals surface area contributed by atoms with Crippen LogP contribution in [-0.2, 0) is 10.8 Å². The number of hydrogen-bond donors (Lipinski definition) is 0. The molecule has 1 unspecified atom stereocenters. The molecule has 5 heteroatoms. The lowest BCUT2D eigenvalue weighted by Gasteiger charge is -2.03. The van der Waals surface area contributed by atoms with Crippen LogP contribution in [0.4, 0.5) is 0 Å². The smallest absolute Gasteiger partial charge is 0.228 e. The number of nitrogens with zero attached hydrogens (tertiary/aromatic N) is 2. The zero-order valence-corrected chi connectivity index (χ0v) is 12.1. The van der Waals surface area contributed by atoms with E-state index in [2.05, 4.69) is 9.97 Å². The van der Waals surface area contributed by atoms with E-state index in [0.29, 0.717) is 16.5 Å². The molecule has 3 aromatic rings. The molecule has 2 aromatic heterocycles. The van der Waals surface area contributed by atoms with Crippen LogP contribution in [-0.4, -0.2) is 19.9 Å². The molecule has 1 atom stereocenters.